The normalized spacial score (nSPS) is 15.2. The van der Waals surface area contributed by atoms with Gasteiger partial charge in [-0.1, -0.05) is 39.0 Å². The monoisotopic (exact) mass is 292 g/mol. The van der Waals surface area contributed by atoms with Crippen LogP contribution in [0.3, 0.4) is 0 Å². The van der Waals surface area contributed by atoms with Gasteiger partial charge in [-0.2, -0.15) is 0 Å². The predicted octanol–water partition coefficient (Wildman–Crippen LogP) is 2.82. The van der Waals surface area contributed by atoms with E-state index in [1.807, 2.05) is 32.0 Å². The first kappa shape index (κ1) is 17.5. The van der Waals surface area contributed by atoms with E-state index < -0.39 is 5.54 Å². The van der Waals surface area contributed by atoms with Crippen LogP contribution in [0, 0.1) is 0 Å². The number of ether oxygens (including phenoxy) is 1. The average molecular weight is 292 g/mol. The molecule has 0 fully saturated rings. The Labute approximate surface area is 128 Å². The molecule has 118 valence electrons. The summed E-state index contributed by atoms with van der Waals surface area (Å²) in [4.78, 5) is 11.6. The van der Waals surface area contributed by atoms with Crippen molar-refractivity contribution in [2.75, 3.05) is 13.2 Å². The summed E-state index contributed by atoms with van der Waals surface area (Å²) in [6.45, 7) is 9.29. The fraction of sp³-hybridized carbons (Fsp3) is 0.588. The van der Waals surface area contributed by atoms with Gasteiger partial charge in [0.2, 0.25) is 5.91 Å². The topological polar surface area (TPSA) is 64.3 Å². The fourth-order valence-corrected chi connectivity index (χ4v) is 2.29. The lowest BCUT2D eigenvalue weighted by Crippen LogP contribution is -2.53. The summed E-state index contributed by atoms with van der Waals surface area (Å²) in [5, 5.41) is 3.14. The molecule has 0 radical (unpaired) electrons. The maximum absolute atomic E-state index is 11.6. The summed E-state index contributed by atoms with van der Waals surface area (Å²) in [6.07, 6.45) is 1.61. The van der Waals surface area contributed by atoms with Crippen molar-refractivity contribution in [3.05, 3.63) is 29.8 Å². The van der Waals surface area contributed by atoms with Gasteiger partial charge in [0.25, 0.3) is 0 Å². The number of nitrogens with one attached hydrogen (secondary N) is 1. The molecule has 2 unspecified atom stereocenters. The number of likely N-dealkylation sites (N-methyl/N-ethyl adjacent to an activating group) is 1. The Balaban J connectivity index is 2.69. The van der Waals surface area contributed by atoms with Crippen molar-refractivity contribution in [3.8, 4) is 5.75 Å². The summed E-state index contributed by atoms with van der Waals surface area (Å²) >= 11 is 0. The predicted molar refractivity (Wildman–Crippen MR) is 86.5 cm³/mol. The molecule has 0 aromatic heterocycles. The van der Waals surface area contributed by atoms with E-state index in [1.165, 1.54) is 5.56 Å². The van der Waals surface area contributed by atoms with Gasteiger partial charge in [-0.05, 0) is 37.4 Å². The zero-order chi connectivity index (χ0) is 15.9. The molecule has 21 heavy (non-hydrogen) atoms. The van der Waals surface area contributed by atoms with Crippen molar-refractivity contribution in [1.29, 1.82) is 0 Å². The lowest BCUT2D eigenvalue weighted by molar-refractivity contribution is -0.124. The molecule has 3 N–H and O–H groups in total. The minimum atomic E-state index is -0.722. The van der Waals surface area contributed by atoms with Gasteiger partial charge < -0.3 is 15.8 Å². The Morgan fingerprint density at radius 3 is 2.62 bits per heavy atom. The molecule has 0 bridgehead atoms. The maximum Gasteiger partial charge on any atom is 0.237 e. The second kappa shape index (κ2) is 8.03. The summed E-state index contributed by atoms with van der Waals surface area (Å²) < 4.78 is 5.90. The third kappa shape index (κ3) is 4.74. The molecule has 1 aromatic rings. The standard InChI is InChI=1S/C17H28N2O2/c1-5-13(3)14-9-7-8-10-15(14)21-12-11-17(4,16(18)20)19-6-2/h7-10,13,19H,5-6,11-12H2,1-4H3,(H2,18,20). The van der Waals surface area contributed by atoms with Crippen LogP contribution in [-0.2, 0) is 4.79 Å². The number of carbonyl (C=O) groups is 1. The van der Waals surface area contributed by atoms with Gasteiger partial charge in [-0.3, -0.25) is 4.79 Å². The number of hydrogen-bond acceptors (Lipinski definition) is 3. The van der Waals surface area contributed by atoms with Crippen molar-refractivity contribution in [1.82, 2.24) is 5.32 Å². The summed E-state index contributed by atoms with van der Waals surface area (Å²) in [7, 11) is 0. The van der Waals surface area contributed by atoms with Crippen LogP contribution in [0.2, 0.25) is 0 Å². The first-order chi connectivity index (χ1) is 9.94. The van der Waals surface area contributed by atoms with Gasteiger partial charge in [-0.15, -0.1) is 0 Å². The van der Waals surface area contributed by atoms with Crippen LogP contribution < -0.4 is 15.8 Å². The van der Waals surface area contributed by atoms with Gasteiger partial charge in [0.1, 0.15) is 5.75 Å². The van der Waals surface area contributed by atoms with Crippen LogP contribution in [0.15, 0.2) is 24.3 Å². The molecule has 4 nitrogen and oxygen atoms in total. The number of rotatable bonds is 9. The lowest BCUT2D eigenvalue weighted by atomic mass is 9.96. The Hall–Kier alpha value is -1.55. The molecule has 0 saturated heterocycles. The van der Waals surface area contributed by atoms with Crippen LogP contribution in [0.1, 0.15) is 52.0 Å². The van der Waals surface area contributed by atoms with Crippen LogP contribution in [0.5, 0.6) is 5.75 Å². The molecule has 0 heterocycles. The Morgan fingerprint density at radius 1 is 1.38 bits per heavy atom. The highest BCUT2D eigenvalue weighted by atomic mass is 16.5. The highest BCUT2D eigenvalue weighted by Crippen LogP contribution is 2.28. The smallest absolute Gasteiger partial charge is 0.237 e. The Morgan fingerprint density at radius 2 is 2.05 bits per heavy atom. The second-order valence-corrected chi connectivity index (χ2v) is 5.67. The zero-order valence-electron chi connectivity index (χ0n) is 13.6. The lowest BCUT2D eigenvalue weighted by Gasteiger charge is -2.27. The maximum atomic E-state index is 11.6. The molecule has 0 aliphatic carbocycles. The number of hydrogen-bond donors (Lipinski definition) is 2. The van der Waals surface area contributed by atoms with Crippen molar-refractivity contribution < 1.29 is 9.53 Å². The Kier molecular flexibility index (Phi) is 6.69. The highest BCUT2D eigenvalue weighted by molar-refractivity contribution is 5.84. The highest BCUT2D eigenvalue weighted by Gasteiger charge is 2.29. The summed E-state index contributed by atoms with van der Waals surface area (Å²) in [5.41, 5.74) is 5.97. The van der Waals surface area contributed by atoms with E-state index in [0.717, 1.165) is 12.2 Å². The SMILES string of the molecule is CCNC(C)(CCOc1ccccc1C(C)CC)C(N)=O. The first-order valence-electron chi connectivity index (χ1n) is 7.71. The molecular formula is C17H28N2O2. The van der Waals surface area contributed by atoms with E-state index in [2.05, 4.69) is 25.2 Å². The van der Waals surface area contributed by atoms with Gasteiger partial charge in [0.05, 0.1) is 12.1 Å². The van der Waals surface area contributed by atoms with Crippen molar-refractivity contribution >= 4 is 5.91 Å². The first-order valence-corrected chi connectivity index (χ1v) is 7.71. The third-order valence-electron chi connectivity index (χ3n) is 4.03. The van der Waals surface area contributed by atoms with E-state index in [9.17, 15) is 4.79 Å². The average Bonchev–Trinajstić information content (AvgIpc) is 2.47. The molecule has 1 aromatic carbocycles. The number of benzene rings is 1. The molecule has 0 spiro atoms. The molecule has 1 rings (SSSR count). The zero-order valence-corrected chi connectivity index (χ0v) is 13.6. The number of carbonyl (C=O) groups excluding carboxylic acids is 1. The quantitative estimate of drug-likeness (QED) is 0.735. The number of amides is 1. The summed E-state index contributed by atoms with van der Waals surface area (Å²) in [5.74, 6) is 1.01. The fourth-order valence-electron chi connectivity index (χ4n) is 2.29. The number of para-hydroxylation sites is 1. The van der Waals surface area contributed by atoms with Gasteiger partial charge in [-0.25, -0.2) is 0 Å². The molecule has 0 saturated carbocycles. The van der Waals surface area contributed by atoms with Crippen LogP contribution in [0.25, 0.3) is 0 Å². The second-order valence-electron chi connectivity index (χ2n) is 5.67. The molecule has 0 aliphatic rings. The van der Waals surface area contributed by atoms with E-state index in [1.54, 1.807) is 0 Å². The molecular weight excluding hydrogens is 264 g/mol. The number of primary amides is 1. The van der Waals surface area contributed by atoms with Gasteiger partial charge in [0, 0.05) is 6.42 Å². The molecule has 0 aliphatic heterocycles. The van der Waals surface area contributed by atoms with Crippen molar-refractivity contribution in [2.24, 2.45) is 5.73 Å². The molecule has 4 heteroatoms. The van der Waals surface area contributed by atoms with Crippen LogP contribution in [0.4, 0.5) is 0 Å². The minimum absolute atomic E-state index is 0.344. The largest absolute Gasteiger partial charge is 0.493 e. The van der Waals surface area contributed by atoms with E-state index in [4.69, 9.17) is 10.5 Å². The van der Waals surface area contributed by atoms with Crippen LogP contribution in [-0.4, -0.2) is 24.6 Å². The van der Waals surface area contributed by atoms with Crippen molar-refractivity contribution in [3.63, 3.8) is 0 Å². The minimum Gasteiger partial charge on any atom is -0.493 e. The van der Waals surface area contributed by atoms with E-state index in [0.29, 0.717) is 25.5 Å². The molecule has 1 amide bonds. The van der Waals surface area contributed by atoms with E-state index in [-0.39, 0.29) is 5.91 Å². The molecule has 2 atom stereocenters. The van der Waals surface area contributed by atoms with Gasteiger partial charge >= 0.3 is 0 Å². The summed E-state index contributed by atoms with van der Waals surface area (Å²) in [6, 6.07) is 8.08. The van der Waals surface area contributed by atoms with Gasteiger partial charge in [0.15, 0.2) is 0 Å². The van der Waals surface area contributed by atoms with Crippen molar-refractivity contribution in [2.45, 2.75) is 52.0 Å². The third-order valence-corrected chi connectivity index (χ3v) is 4.03. The van der Waals surface area contributed by atoms with E-state index >= 15 is 0 Å². The van der Waals surface area contributed by atoms with Crippen LogP contribution >= 0.6 is 0 Å². The number of nitrogens with two attached hydrogens (primary N) is 1. The Bertz CT molecular complexity index is 462.